The molecule has 1 fully saturated rings. The van der Waals surface area contributed by atoms with Crippen molar-refractivity contribution in [2.45, 2.75) is 25.8 Å². The van der Waals surface area contributed by atoms with Crippen LogP contribution in [0.2, 0.25) is 0 Å². The summed E-state index contributed by atoms with van der Waals surface area (Å²) < 4.78 is 16.5. The van der Waals surface area contributed by atoms with Gasteiger partial charge in [0.05, 0.1) is 16.7 Å². The summed E-state index contributed by atoms with van der Waals surface area (Å²) in [6, 6.07) is 9.29. The van der Waals surface area contributed by atoms with Gasteiger partial charge in [0.2, 0.25) is 5.91 Å². The highest BCUT2D eigenvalue weighted by Gasteiger charge is 2.38. The molecule has 1 atom stereocenters. The van der Waals surface area contributed by atoms with Crippen molar-refractivity contribution in [2.75, 3.05) is 7.05 Å². The zero-order valence-corrected chi connectivity index (χ0v) is 16.1. The molecule has 0 saturated carbocycles. The number of hydrogen-bond acceptors (Lipinski definition) is 3. The second kappa shape index (κ2) is 6.07. The molecular weight excluding hydrogens is 361 g/mol. The molecule has 0 unspecified atom stereocenters. The molecule has 1 saturated heterocycles. The van der Waals surface area contributed by atoms with E-state index in [-0.39, 0.29) is 24.1 Å². The van der Waals surface area contributed by atoms with Gasteiger partial charge in [0.25, 0.3) is 0 Å². The number of fused-ring (bicyclic) bond motifs is 3. The molecule has 6 heteroatoms. The van der Waals surface area contributed by atoms with Gasteiger partial charge in [-0.3, -0.25) is 15.1 Å². The zero-order chi connectivity index (χ0) is 19.3. The summed E-state index contributed by atoms with van der Waals surface area (Å²) in [5, 5.41) is 12.8. The monoisotopic (exact) mass is 379 g/mol. The Labute approximate surface area is 160 Å². The fraction of sp³-hybridized carbons (Fsp3) is 0.238. The van der Waals surface area contributed by atoms with Crippen LogP contribution in [-0.2, 0) is 10.3 Å². The van der Waals surface area contributed by atoms with Crippen LogP contribution in [0.5, 0.6) is 0 Å². The number of carbonyl (C=O) groups is 1. The van der Waals surface area contributed by atoms with Crippen molar-refractivity contribution in [2.24, 2.45) is 0 Å². The van der Waals surface area contributed by atoms with Gasteiger partial charge >= 0.3 is 0 Å². The molecule has 2 N–H and O–H groups in total. The number of guanidine groups is 1. The molecule has 4 rings (SSSR count). The molecule has 0 bridgehead atoms. The van der Waals surface area contributed by atoms with Gasteiger partial charge in [-0.05, 0) is 49.7 Å². The normalized spacial score (nSPS) is 19.9. The summed E-state index contributed by atoms with van der Waals surface area (Å²) in [7, 11) is 1.56. The maximum atomic E-state index is 14.9. The lowest BCUT2D eigenvalue weighted by atomic mass is 9.85. The third kappa shape index (κ3) is 2.75. The first-order valence-electron chi connectivity index (χ1n) is 8.55. The second-order valence-electron chi connectivity index (χ2n) is 6.96. The van der Waals surface area contributed by atoms with Crippen LogP contribution in [0.25, 0.3) is 20.2 Å². The number of thiophene rings is 1. The Morgan fingerprint density at radius 2 is 2.07 bits per heavy atom. The highest BCUT2D eigenvalue weighted by atomic mass is 32.1. The first-order valence-corrected chi connectivity index (χ1v) is 9.36. The molecule has 1 aliphatic rings. The second-order valence-corrected chi connectivity index (χ2v) is 8.01. The van der Waals surface area contributed by atoms with Gasteiger partial charge in [0.15, 0.2) is 5.96 Å². The zero-order valence-electron chi connectivity index (χ0n) is 15.2. The molecule has 1 aliphatic heterocycles. The average molecular weight is 379 g/mol. The Hall–Kier alpha value is -2.91. The van der Waals surface area contributed by atoms with Crippen molar-refractivity contribution in [1.29, 1.82) is 5.41 Å². The summed E-state index contributed by atoms with van der Waals surface area (Å²) in [6.07, 6.45) is 0.158. The van der Waals surface area contributed by atoms with Crippen LogP contribution in [-0.4, -0.2) is 23.8 Å². The molecule has 1 amide bonds. The van der Waals surface area contributed by atoms with E-state index in [9.17, 15) is 9.18 Å². The Morgan fingerprint density at radius 1 is 1.30 bits per heavy atom. The largest absolute Gasteiger partial charge is 0.346 e. The minimum atomic E-state index is -0.829. The van der Waals surface area contributed by atoms with E-state index in [4.69, 9.17) is 5.41 Å². The van der Waals surface area contributed by atoms with Crippen molar-refractivity contribution in [3.63, 3.8) is 0 Å². The molecule has 3 aromatic rings. The van der Waals surface area contributed by atoms with Crippen molar-refractivity contribution in [1.82, 2.24) is 10.2 Å². The minimum Gasteiger partial charge on any atom is -0.346 e. The molecule has 136 valence electrons. The Morgan fingerprint density at radius 3 is 2.78 bits per heavy atom. The molecule has 0 spiro atoms. The van der Waals surface area contributed by atoms with E-state index in [0.29, 0.717) is 10.3 Å². The molecule has 1 aromatic heterocycles. The number of nitrogens with zero attached hydrogens (tertiary/aromatic N) is 1. The maximum absolute atomic E-state index is 14.9. The number of halogens is 1. The van der Waals surface area contributed by atoms with Gasteiger partial charge in [-0.25, -0.2) is 4.39 Å². The van der Waals surface area contributed by atoms with Crippen molar-refractivity contribution >= 4 is 43.4 Å². The lowest BCUT2D eigenvalue weighted by molar-refractivity contribution is -0.129. The van der Waals surface area contributed by atoms with E-state index in [1.165, 1.54) is 22.3 Å². The van der Waals surface area contributed by atoms with E-state index in [1.807, 2.05) is 31.2 Å². The molecule has 2 aromatic carbocycles. The van der Waals surface area contributed by atoms with E-state index < -0.39 is 5.54 Å². The van der Waals surface area contributed by atoms with E-state index in [0.717, 1.165) is 21.0 Å². The fourth-order valence-electron chi connectivity index (χ4n) is 3.49. The van der Waals surface area contributed by atoms with E-state index in [1.54, 1.807) is 14.0 Å². The number of rotatable bonds is 1. The Bertz CT molecular complexity index is 1170. The summed E-state index contributed by atoms with van der Waals surface area (Å²) in [5.41, 5.74) is 0.714. The molecule has 4 nitrogen and oxygen atoms in total. The third-order valence-corrected chi connectivity index (χ3v) is 6.24. The molecule has 0 radical (unpaired) electrons. The first kappa shape index (κ1) is 17.5. The number of hydrogen-bond donors (Lipinski definition) is 2. The lowest BCUT2D eigenvalue weighted by Gasteiger charge is -2.39. The molecule has 27 heavy (non-hydrogen) atoms. The van der Waals surface area contributed by atoms with Gasteiger partial charge < -0.3 is 5.32 Å². The van der Waals surface area contributed by atoms with Crippen LogP contribution in [0.15, 0.2) is 30.3 Å². The summed E-state index contributed by atoms with van der Waals surface area (Å²) in [6.45, 7) is 3.61. The predicted molar refractivity (Wildman–Crippen MR) is 107 cm³/mol. The molecular formula is C21H18FN3OS. The predicted octanol–water partition coefficient (Wildman–Crippen LogP) is 4.17. The molecule has 0 aliphatic carbocycles. The van der Waals surface area contributed by atoms with Crippen LogP contribution in [0.3, 0.4) is 0 Å². The quantitative estimate of drug-likeness (QED) is 0.624. The standard InChI is InChI=1S/C21H18FN3OS/c1-4-5-12-6-7-17-14(8-12)15-9-13(10-16(22)19(15)27-17)21(2)11-18(26)25(3)20(23)24-21/h6-10H,11H2,1-3H3,(H2,23,24)/t21-/m0/s1. The number of carbonyl (C=O) groups excluding carboxylic acids is 1. The van der Waals surface area contributed by atoms with E-state index >= 15 is 0 Å². The van der Waals surface area contributed by atoms with Gasteiger partial charge in [0, 0.05) is 28.1 Å². The van der Waals surface area contributed by atoms with Gasteiger partial charge in [-0.2, -0.15) is 0 Å². The molecule has 2 heterocycles. The fourth-order valence-corrected chi connectivity index (χ4v) is 4.56. The van der Waals surface area contributed by atoms with Crippen LogP contribution >= 0.6 is 11.3 Å². The van der Waals surface area contributed by atoms with Crippen LogP contribution < -0.4 is 5.32 Å². The average Bonchev–Trinajstić information content (AvgIpc) is 2.99. The minimum absolute atomic E-state index is 0.0185. The maximum Gasteiger partial charge on any atom is 0.231 e. The number of benzene rings is 2. The topological polar surface area (TPSA) is 56.2 Å². The first-order chi connectivity index (χ1) is 12.8. The Balaban J connectivity index is 1.93. The summed E-state index contributed by atoms with van der Waals surface area (Å²) in [4.78, 5) is 13.5. The van der Waals surface area contributed by atoms with Crippen molar-refractivity contribution in [3.8, 4) is 11.8 Å². The van der Waals surface area contributed by atoms with E-state index in [2.05, 4.69) is 17.2 Å². The van der Waals surface area contributed by atoms with Gasteiger partial charge in [-0.1, -0.05) is 5.92 Å². The SMILES string of the molecule is CC#Cc1ccc2sc3c(F)cc([C@]4(C)CC(=O)N(C)C(=N)N4)cc3c2c1. The van der Waals surface area contributed by atoms with Crippen molar-refractivity contribution < 1.29 is 9.18 Å². The van der Waals surface area contributed by atoms with Crippen LogP contribution in [0.4, 0.5) is 4.39 Å². The highest BCUT2D eigenvalue weighted by molar-refractivity contribution is 7.25. The summed E-state index contributed by atoms with van der Waals surface area (Å²) >= 11 is 1.41. The Kier molecular flexibility index (Phi) is 3.93. The smallest absolute Gasteiger partial charge is 0.231 e. The summed E-state index contributed by atoms with van der Waals surface area (Å²) in [5.74, 6) is 5.46. The van der Waals surface area contributed by atoms with Crippen LogP contribution in [0, 0.1) is 23.1 Å². The lowest BCUT2D eigenvalue weighted by Crippen LogP contribution is -2.58. The highest BCUT2D eigenvalue weighted by Crippen LogP contribution is 2.39. The third-order valence-electron chi connectivity index (χ3n) is 5.04. The van der Waals surface area contributed by atoms with Gasteiger partial charge in [-0.15, -0.1) is 17.3 Å². The van der Waals surface area contributed by atoms with Crippen LogP contribution in [0.1, 0.15) is 31.4 Å². The number of nitrogens with one attached hydrogen (secondary N) is 2. The number of amides is 1. The van der Waals surface area contributed by atoms with Crippen molar-refractivity contribution in [3.05, 3.63) is 47.3 Å². The van der Waals surface area contributed by atoms with Gasteiger partial charge in [0.1, 0.15) is 5.82 Å².